The fourth-order valence-electron chi connectivity index (χ4n) is 3.69. The minimum atomic E-state index is -0.564. The van der Waals surface area contributed by atoms with Crippen molar-refractivity contribution in [3.05, 3.63) is 65.0 Å². The van der Waals surface area contributed by atoms with Crippen LogP contribution in [0.1, 0.15) is 48.8 Å². The normalized spacial score (nSPS) is 14.1. The molecule has 1 amide bonds. The molecule has 1 aromatic heterocycles. The van der Waals surface area contributed by atoms with E-state index in [9.17, 15) is 4.79 Å². The van der Waals surface area contributed by atoms with Gasteiger partial charge in [-0.25, -0.2) is 0 Å². The van der Waals surface area contributed by atoms with E-state index in [2.05, 4.69) is 27.6 Å². The third kappa shape index (κ3) is 4.70. The maximum absolute atomic E-state index is 12.6. The Morgan fingerprint density at radius 3 is 2.67 bits per heavy atom. The number of ether oxygens (including phenoxy) is 1. The van der Waals surface area contributed by atoms with Crippen LogP contribution in [0.5, 0.6) is 5.75 Å². The highest BCUT2D eigenvalue weighted by Gasteiger charge is 2.20. The van der Waals surface area contributed by atoms with Crippen LogP contribution in [0.25, 0.3) is 11.4 Å². The number of nitrogens with zero attached hydrogens (tertiary/aromatic N) is 2. The quantitative estimate of drug-likeness (QED) is 0.630. The van der Waals surface area contributed by atoms with Crippen LogP contribution in [-0.2, 0) is 24.2 Å². The van der Waals surface area contributed by atoms with E-state index in [1.54, 1.807) is 0 Å². The van der Waals surface area contributed by atoms with E-state index in [1.165, 1.54) is 29.5 Å². The first-order chi connectivity index (χ1) is 14.6. The fraction of sp³-hybridized carbons (Fsp3) is 0.375. The van der Waals surface area contributed by atoms with Gasteiger partial charge in [0.15, 0.2) is 6.10 Å². The average Bonchev–Trinajstić information content (AvgIpc) is 3.25. The summed E-state index contributed by atoms with van der Waals surface area (Å²) < 4.78 is 11.3. The number of amides is 1. The molecule has 0 aliphatic heterocycles. The van der Waals surface area contributed by atoms with E-state index in [0.717, 1.165) is 24.2 Å². The Kier molecular flexibility index (Phi) is 6.12. The number of carbonyl (C=O) groups excluding carboxylic acids is 1. The molecule has 1 aliphatic rings. The van der Waals surface area contributed by atoms with Gasteiger partial charge in [-0.3, -0.25) is 4.79 Å². The summed E-state index contributed by atoms with van der Waals surface area (Å²) in [6.07, 6.45) is 4.67. The van der Waals surface area contributed by atoms with Crippen molar-refractivity contribution in [2.75, 3.05) is 0 Å². The smallest absolute Gasteiger partial charge is 0.261 e. The van der Waals surface area contributed by atoms with E-state index in [4.69, 9.17) is 9.26 Å². The average molecular weight is 405 g/mol. The van der Waals surface area contributed by atoms with Crippen LogP contribution in [0.4, 0.5) is 0 Å². The Morgan fingerprint density at radius 2 is 1.90 bits per heavy atom. The van der Waals surface area contributed by atoms with Crippen LogP contribution in [0.15, 0.2) is 47.0 Å². The van der Waals surface area contributed by atoms with Crippen LogP contribution >= 0.6 is 0 Å². The fourth-order valence-corrected chi connectivity index (χ4v) is 3.69. The molecule has 0 saturated carbocycles. The molecule has 3 aromatic rings. The molecular weight excluding hydrogens is 378 g/mol. The molecule has 6 heteroatoms. The van der Waals surface area contributed by atoms with Gasteiger partial charge in [0.25, 0.3) is 5.91 Å². The van der Waals surface area contributed by atoms with Gasteiger partial charge in [0, 0.05) is 5.56 Å². The highest BCUT2D eigenvalue weighted by atomic mass is 16.5. The summed E-state index contributed by atoms with van der Waals surface area (Å²) in [5, 5.41) is 6.85. The van der Waals surface area contributed by atoms with Crippen molar-refractivity contribution in [1.29, 1.82) is 0 Å². The molecule has 30 heavy (non-hydrogen) atoms. The van der Waals surface area contributed by atoms with E-state index in [1.807, 2.05) is 44.2 Å². The second kappa shape index (κ2) is 9.11. The maximum atomic E-state index is 12.6. The van der Waals surface area contributed by atoms with Gasteiger partial charge in [0.05, 0.1) is 6.54 Å². The van der Waals surface area contributed by atoms with Crippen LogP contribution in [0, 0.1) is 6.92 Å². The third-order valence-electron chi connectivity index (χ3n) is 5.45. The Morgan fingerprint density at radius 1 is 1.13 bits per heavy atom. The summed E-state index contributed by atoms with van der Waals surface area (Å²) in [7, 11) is 0. The Hall–Kier alpha value is -3.15. The zero-order valence-electron chi connectivity index (χ0n) is 17.5. The Labute approximate surface area is 176 Å². The number of nitrogens with one attached hydrogen (secondary N) is 1. The van der Waals surface area contributed by atoms with E-state index in [0.29, 0.717) is 18.1 Å². The first kappa shape index (κ1) is 20.1. The molecule has 1 heterocycles. The molecule has 0 bridgehead atoms. The van der Waals surface area contributed by atoms with Crippen LogP contribution < -0.4 is 10.1 Å². The molecular formula is C24H27N3O3. The lowest BCUT2D eigenvalue weighted by molar-refractivity contribution is -0.128. The molecule has 6 nitrogen and oxygen atoms in total. The maximum Gasteiger partial charge on any atom is 0.261 e. The van der Waals surface area contributed by atoms with Gasteiger partial charge >= 0.3 is 0 Å². The predicted octanol–water partition coefficient (Wildman–Crippen LogP) is 4.40. The lowest BCUT2D eigenvalue weighted by Crippen LogP contribution is -2.37. The largest absolute Gasteiger partial charge is 0.481 e. The molecule has 156 valence electrons. The number of hydrogen-bond acceptors (Lipinski definition) is 5. The van der Waals surface area contributed by atoms with Crippen molar-refractivity contribution < 1.29 is 14.1 Å². The van der Waals surface area contributed by atoms with E-state index in [-0.39, 0.29) is 12.5 Å². The number of hydrogen-bond donors (Lipinski definition) is 1. The Bertz CT molecular complexity index is 1010. The second-order valence-corrected chi connectivity index (χ2v) is 7.75. The van der Waals surface area contributed by atoms with Gasteiger partial charge < -0.3 is 14.6 Å². The summed E-state index contributed by atoms with van der Waals surface area (Å²) in [5.74, 6) is 1.43. The number of rotatable bonds is 7. The molecule has 1 atom stereocenters. The summed E-state index contributed by atoms with van der Waals surface area (Å²) in [6.45, 7) is 4.13. The Balaban J connectivity index is 1.35. The van der Waals surface area contributed by atoms with Gasteiger partial charge in [-0.05, 0) is 62.3 Å². The topological polar surface area (TPSA) is 77.2 Å². The number of aryl methyl sites for hydroxylation is 3. The van der Waals surface area contributed by atoms with E-state index >= 15 is 0 Å². The number of fused-ring (bicyclic) bond motifs is 1. The standard InChI is InChI=1S/C24H27N3O3/c1-3-21(29-20-13-12-17-6-4-5-7-19(17)14-20)24(28)25-15-22-26-23(27-30-22)18-10-8-16(2)9-11-18/h8-14,21H,3-7,15H2,1-2H3,(H,25,28)/t21-/m0/s1. The minimum Gasteiger partial charge on any atom is -0.481 e. The first-order valence-corrected chi connectivity index (χ1v) is 10.6. The van der Waals surface area contributed by atoms with Crippen molar-refractivity contribution in [2.24, 2.45) is 0 Å². The van der Waals surface area contributed by atoms with Crippen molar-refractivity contribution in [2.45, 2.75) is 58.6 Å². The summed E-state index contributed by atoms with van der Waals surface area (Å²) in [6, 6.07) is 14.1. The van der Waals surface area contributed by atoms with Gasteiger partial charge in [0.2, 0.25) is 11.7 Å². The summed E-state index contributed by atoms with van der Waals surface area (Å²) in [4.78, 5) is 17.0. The third-order valence-corrected chi connectivity index (χ3v) is 5.45. The molecule has 1 aliphatic carbocycles. The molecule has 0 saturated heterocycles. The van der Waals surface area contributed by atoms with Crippen molar-refractivity contribution >= 4 is 5.91 Å². The summed E-state index contributed by atoms with van der Waals surface area (Å²) in [5.41, 5.74) is 4.78. The van der Waals surface area contributed by atoms with Crippen LogP contribution in [0.3, 0.4) is 0 Å². The number of carbonyl (C=O) groups is 1. The zero-order chi connectivity index (χ0) is 20.9. The SMILES string of the molecule is CC[C@H](Oc1ccc2c(c1)CCCC2)C(=O)NCc1nc(-c2ccc(C)cc2)no1. The first-order valence-electron chi connectivity index (χ1n) is 10.6. The molecule has 1 N–H and O–H groups in total. The predicted molar refractivity (Wildman–Crippen MR) is 114 cm³/mol. The number of aromatic nitrogens is 2. The molecule has 0 radical (unpaired) electrons. The van der Waals surface area contributed by atoms with Gasteiger partial charge in [0.1, 0.15) is 5.75 Å². The molecule has 0 unspecified atom stereocenters. The summed E-state index contributed by atoms with van der Waals surface area (Å²) >= 11 is 0. The molecule has 4 rings (SSSR count). The highest BCUT2D eigenvalue weighted by molar-refractivity contribution is 5.81. The van der Waals surface area contributed by atoms with Crippen LogP contribution in [-0.4, -0.2) is 22.2 Å². The van der Waals surface area contributed by atoms with Crippen molar-refractivity contribution in [3.8, 4) is 17.1 Å². The number of benzene rings is 2. The second-order valence-electron chi connectivity index (χ2n) is 7.75. The van der Waals surface area contributed by atoms with E-state index < -0.39 is 6.10 Å². The lowest BCUT2D eigenvalue weighted by atomic mass is 9.92. The van der Waals surface area contributed by atoms with Crippen LogP contribution in [0.2, 0.25) is 0 Å². The van der Waals surface area contributed by atoms with Crippen molar-refractivity contribution in [1.82, 2.24) is 15.5 Å². The molecule has 0 fully saturated rings. The van der Waals surface area contributed by atoms with Gasteiger partial charge in [-0.1, -0.05) is 48.0 Å². The zero-order valence-corrected chi connectivity index (χ0v) is 17.5. The molecule has 0 spiro atoms. The minimum absolute atomic E-state index is 0.168. The lowest BCUT2D eigenvalue weighted by Gasteiger charge is -2.20. The highest BCUT2D eigenvalue weighted by Crippen LogP contribution is 2.26. The molecule has 2 aromatic carbocycles. The van der Waals surface area contributed by atoms with Crippen molar-refractivity contribution in [3.63, 3.8) is 0 Å². The van der Waals surface area contributed by atoms with Gasteiger partial charge in [-0.2, -0.15) is 4.98 Å². The monoisotopic (exact) mass is 405 g/mol. The van der Waals surface area contributed by atoms with Gasteiger partial charge in [-0.15, -0.1) is 0 Å².